The lowest BCUT2D eigenvalue weighted by atomic mass is 13.1. The third-order valence-corrected chi connectivity index (χ3v) is 0. The molecule has 0 aromatic rings. The molecule has 6 heavy (non-hydrogen) atoms. The van der Waals surface area contributed by atoms with E-state index in [-0.39, 0.29) is 29.2 Å². The molecule has 5 nitrogen and oxygen atoms in total. The molecule has 0 saturated carbocycles. The zero-order valence-corrected chi connectivity index (χ0v) is 4.79. The molecule has 0 spiro atoms. The Bertz CT molecular complexity index is 31.8. The molecule has 0 saturated heterocycles. The van der Waals surface area contributed by atoms with E-state index in [0.717, 1.165) is 0 Å². The van der Waals surface area contributed by atoms with Gasteiger partial charge in [0, 0.05) is 23.1 Å². The van der Waals surface area contributed by atoms with Crippen molar-refractivity contribution in [1.29, 1.82) is 0 Å². The first-order valence-electron chi connectivity index (χ1n) is 0.548. The molecule has 2 radical (unpaired) electrons. The molecule has 0 fully saturated rings. The Hall–Kier alpha value is -0.0738. The fourth-order valence-corrected chi connectivity index (χ4v) is 0. The van der Waals surface area contributed by atoms with Crippen molar-refractivity contribution >= 4 is 23.1 Å². The Labute approximate surface area is 50.2 Å². The van der Waals surface area contributed by atoms with Gasteiger partial charge in [-0.3, -0.25) is 0 Å². The van der Waals surface area contributed by atoms with E-state index in [4.69, 9.17) is 15.3 Å². The van der Waals surface area contributed by atoms with Gasteiger partial charge in [0.2, 0.25) is 0 Å². The number of nitrogens with zero attached hydrogens (tertiary/aromatic N) is 1. The van der Waals surface area contributed by atoms with E-state index in [1.54, 1.807) is 0 Å². The molecule has 0 heterocycles. The first-order chi connectivity index (χ1) is 1.73. The summed E-state index contributed by atoms with van der Waals surface area (Å²) < 4.78 is 0. The van der Waals surface area contributed by atoms with Crippen LogP contribution in [0, 0.1) is 15.3 Å². The van der Waals surface area contributed by atoms with Crippen molar-refractivity contribution in [3.63, 3.8) is 0 Å². The molecular formula is H4MgN2O3. The van der Waals surface area contributed by atoms with Crippen LogP contribution in [0.4, 0.5) is 0 Å². The molecule has 0 amide bonds. The summed E-state index contributed by atoms with van der Waals surface area (Å²) in [6.45, 7) is 0. The van der Waals surface area contributed by atoms with E-state index < -0.39 is 5.09 Å². The van der Waals surface area contributed by atoms with Crippen molar-refractivity contribution in [3.05, 3.63) is 15.3 Å². The second kappa shape index (κ2) is 8.87. The Kier molecular flexibility index (Phi) is 24.8. The summed E-state index contributed by atoms with van der Waals surface area (Å²) in [5.74, 6) is 0. The number of quaternary nitrogens is 1. The van der Waals surface area contributed by atoms with Crippen LogP contribution in [0.25, 0.3) is 0 Å². The molecule has 0 bridgehead atoms. The molecule has 34 valence electrons. The van der Waals surface area contributed by atoms with E-state index in [9.17, 15) is 0 Å². The smallest absolute Gasteiger partial charge is 0.0689 e. The van der Waals surface area contributed by atoms with Crippen molar-refractivity contribution < 1.29 is 5.09 Å². The van der Waals surface area contributed by atoms with Crippen molar-refractivity contribution in [2.45, 2.75) is 0 Å². The predicted octanol–water partition coefficient (Wildman–Crippen LogP) is -0.244. The van der Waals surface area contributed by atoms with Gasteiger partial charge >= 0.3 is 0 Å². The van der Waals surface area contributed by atoms with Gasteiger partial charge in [0.05, 0.1) is 5.09 Å². The maximum Gasteiger partial charge on any atom is 0.0689 e. The highest BCUT2D eigenvalue weighted by Gasteiger charge is 1.45. The minimum Gasteiger partial charge on any atom is -0.369 e. The molecule has 0 unspecified atom stereocenters. The summed E-state index contributed by atoms with van der Waals surface area (Å²) in [6.07, 6.45) is 0. The molecular weight excluding hydrogens is 100 g/mol. The van der Waals surface area contributed by atoms with Crippen LogP contribution in [0.2, 0.25) is 0 Å². The monoisotopic (exact) mass is 104 g/mol. The topological polar surface area (TPSA) is 103 Å². The lowest BCUT2D eigenvalue weighted by Gasteiger charge is -1.74. The highest BCUT2D eigenvalue weighted by molar-refractivity contribution is 5.75. The summed E-state index contributed by atoms with van der Waals surface area (Å²) in [5, 5.41) is 14.8. The molecule has 0 aliphatic heterocycles. The van der Waals surface area contributed by atoms with Crippen molar-refractivity contribution in [3.8, 4) is 0 Å². The van der Waals surface area contributed by atoms with Gasteiger partial charge in [0.25, 0.3) is 0 Å². The van der Waals surface area contributed by atoms with E-state index in [2.05, 4.69) is 0 Å². The Morgan fingerprint density at radius 2 is 1.33 bits per heavy atom. The van der Waals surface area contributed by atoms with Gasteiger partial charge in [0.1, 0.15) is 0 Å². The molecule has 0 rings (SSSR count). The average molecular weight is 104 g/mol. The second-order valence-electron chi connectivity index (χ2n) is 0.224. The van der Waals surface area contributed by atoms with Crippen LogP contribution >= 0.6 is 0 Å². The Balaban J connectivity index is -0.0000000450. The van der Waals surface area contributed by atoms with E-state index in [0.29, 0.717) is 0 Å². The van der Waals surface area contributed by atoms with Crippen molar-refractivity contribution in [2.75, 3.05) is 0 Å². The largest absolute Gasteiger partial charge is 0.369 e. The maximum absolute atomic E-state index is 8.25. The number of rotatable bonds is 0. The lowest BCUT2D eigenvalue weighted by Crippen LogP contribution is -1.74. The summed E-state index contributed by atoms with van der Waals surface area (Å²) >= 11 is 0. The Morgan fingerprint density at radius 1 is 1.33 bits per heavy atom. The zero-order valence-electron chi connectivity index (χ0n) is 3.38. The predicted molar refractivity (Wildman–Crippen MR) is 22.1 cm³/mol. The quantitative estimate of drug-likeness (QED) is 0.260. The first-order valence-corrected chi connectivity index (χ1v) is 0.548. The van der Waals surface area contributed by atoms with E-state index in [1.807, 2.05) is 0 Å². The summed E-state index contributed by atoms with van der Waals surface area (Å²) in [5.41, 5.74) is 0. The normalized spacial score (nSPS) is 4.00. The summed E-state index contributed by atoms with van der Waals surface area (Å²) in [4.78, 5) is 8.25. The van der Waals surface area contributed by atoms with Crippen LogP contribution < -0.4 is 6.15 Å². The molecule has 0 atom stereocenters. The lowest BCUT2D eigenvalue weighted by molar-refractivity contribution is -0.402. The number of hydrogen-bond acceptors (Lipinski definition) is 3. The highest BCUT2D eigenvalue weighted by Crippen LogP contribution is 1.44. The van der Waals surface area contributed by atoms with Crippen LogP contribution in [0.5, 0.6) is 0 Å². The second-order valence-corrected chi connectivity index (χ2v) is 0.224. The molecule has 0 aromatic heterocycles. The fraction of sp³-hybridized carbons (Fsp3) is 0. The molecule has 6 heteroatoms. The van der Waals surface area contributed by atoms with E-state index >= 15 is 0 Å². The van der Waals surface area contributed by atoms with Gasteiger partial charge in [-0.1, -0.05) is 0 Å². The van der Waals surface area contributed by atoms with Gasteiger partial charge < -0.3 is 21.5 Å². The third kappa shape index (κ3) is 6180. The molecule has 0 aromatic carbocycles. The van der Waals surface area contributed by atoms with Crippen LogP contribution in [-0.4, -0.2) is 28.1 Å². The van der Waals surface area contributed by atoms with Crippen molar-refractivity contribution in [2.24, 2.45) is 0 Å². The van der Waals surface area contributed by atoms with Crippen LogP contribution in [0.15, 0.2) is 0 Å². The first kappa shape index (κ1) is 16.8. The van der Waals surface area contributed by atoms with Crippen LogP contribution in [0.1, 0.15) is 0 Å². The van der Waals surface area contributed by atoms with Gasteiger partial charge in [-0.05, 0) is 0 Å². The van der Waals surface area contributed by atoms with Gasteiger partial charge in [-0.15, -0.1) is 0 Å². The molecule has 0 aliphatic carbocycles. The van der Waals surface area contributed by atoms with Crippen LogP contribution in [-0.2, 0) is 0 Å². The maximum atomic E-state index is 8.25. The SMILES string of the molecule is O=[N+]([O-])[O-].[Mg].[NH4+]. The van der Waals surface area contributed by atoms with E-state index in [1.165, 1.54) is 0 Å². The third-order valence-electron chi connectivity index (χ3n) is 0. The Morgan fingerprint density at radius 3 is 1.33 bits per heavy atom. The average Bonchev–Trinajstić information content (AvgIpc) is 0.811. The highest BCUT2D eigenvalue weighted by atomic mass is 24.3. The van der Waals surface area contributed by atoms with Gasteiger partial charge in [-0.2, -0.15) is 0 Å². The molecule has 0 aliphatic rings. The minimum absolute atomic E-state index is 0. The van der Waals surface area contributed by atoms with Gasteiger partial charge in [-0.25, -0.2) is 0 Å². The van der Waals surface area contributed by atoms with Gasteiger partial charge in [0.15, 0.2) is 0 Å². The van der Waals surface area contributed by atoms with Crippen molar-refractivity contribution in [1.82, 2.24) is 6.15 Å². The summed E-state index contributed by atoms with van der Waals surface area (Å²) in [7, 11) is 0. The van der Waals surface area contributed by atoms with Crippen LogP contribution in [0.3, 0.4) is 0 Å². The number of hydrogen-bond donors (Lipinski definition) is 1. The minimum atomic E-state index is -1.75. The summed E-state index contributed by atoms with van der Waals surface area (Å²) in [6, 6.07) is 0. The zero-order chi connectivity index (χ0) is 3.58. The standard InChI is InChI=1S/Mg.NO3.H3N/c;2-1(3)4;/h;;1H3/q;-1;/p+1. The molecule has 4 N–H and O–H groups in total. The fourth-order valence-electron chi connectivity index (χ4n) is 0.